The lowest BCUT2D eigenvalue weighted by molar-refractivity contribution is 0.349. The molecule has 0 aromatic heterocycles. The summed E-state index contributed by atoms with van der Waals surface area (Å²) in [5.41, 5.74) is 1.36. The highest BCUT2D eigenvalue weighted by atomic mass is 15.1. The van der Waals surface area contributed by atoms with Crippen molar-refractivity contribution in [2.75, 3.05) is 19.6 Å². The molecule has 0 N–H and O–H groups in total. The van der Waals surface area contributed by atoms with Gasteiger partial charge in [0.05, 0.1) is 0 Å². The SMILES string of the molecule is C=C(C)C1CCN(CC)C1. The summed E-state index contributed by atoms with van der Waals surface area (Å²) in [5, 5.41) is 0. The van der Waals surface area contributed by atoms with E-state index in [1.807, 2.05) is 0 Å². The first kappa shape index (κ1) is 7.80. The van der Waals surface area contributed by atoms with E-state index in [9.17, 15) is 0 Å². The van der Waals surface area contributed by atoms with E-state index >= 15 is 0 Å². The van der Waals surface area contributed by atoms with Crippen molar-refractivity contribution in [3.05, 3.63) is 12.2 Å². The number of hydrogen-bond acceptors (Lipinski definition) is 1. The number of rotatable bonds is 2. The molecular weight excluding hydrogens is 122 g/mol. The van der Waals surface area contributed by atoms with Crippen LogP contribution < -0.4 is 0 Å². The normalized spacial score (nSPS) is 27.2. The summed E-state index contributed by atoms with van der Waals surface area (Å²) in [6, 6.07) is 0. The zero-order valence-corrected chi connectivity index (χ0v) is 7.06. The molecule has 1 atom stereocenters. The van der Waals surface area contributed by atoms with Gasteiger partial charge in [-0.1, -0.05) is 19.1 Å². The van der Waals surface area contributed by atoms with Gasteiger partial charge in [-0.25, -0.2) is 0 Å². The topological polar surface area (TPSA) is 3.24 Å². The average molecular weight is 139 g/mol. The van der Waals surface area contributed by atoms with E-state index in [0.29, 0.717) is 0 Å². The van der Waals surface area contributed by atoms with Gasteiger partial charge in [-0.05, 0) is 32.4 Å². The maximum atomic E-state index is 3.98. The molecule has 0 bridgehead atoms. The monoisotopic (exact) mass is 139 g/mol. The second-order valence-corrected chi connectivity index (χ2v) is 3.23. The zero-order valence-electron chi connectivity index (χ0n) is 7.06. The molecule has 1 aliphatic rings. The highest BCUT2D eigenvalue weighted by molar-refractivity contribution is 5.00. The summed E-state index contributed by atoms with van der Waals surface area (Å²) in [7, 11) is 0. The van der Waals surface area contributed by atoms with Crippen LogP contribution in [0.25, 0.3) is 0 Å². The van der Waals surface area contributed by atoms with Crippen molar-refractivity contribution in [3.63, 3.8) is 0 Å². The Balaban J connectivity index is 2.35. The van der Waals surface area contributed by atoms with E-state index < -0.39 is 0 Å². The van der Waals surface area contributed by atoms with Crippen LogP contribution in [-0.2, 0) is 0 Å². The highest BCUT2D eigenvalue weighted by Crippen LogP contribution is 2.21. The van der Waals surface area contributed by atoms with Crippen molar-refractivity contribution in [3.8, 4) is 0 Å². The van der Waals surface area contributed by atoms with Crippen molar-refractivity contribution in [2.24, 2.45) is 5.92 Å². The molecule has 58 valence electrons. The molecule has 0 aromatic rings. The van der Waals surface area contributed by atoms with Crippen LogP contribution in [0, 0.1) is 5.92 Å². The van der Waals surface area contributed by atoms with E-state index in [2.05, 4.69) is 25.3 Å². The third-order valence-corrected chi connectivity index (χ3v) is 2.42. The summed E-state index contributed by atoms with van der Waals surface area (Å²) in [6.45, 7) is 12.1. The van der Waals surface area contributed by atoms with Crippen molar-refractivity contribution < 1.29 is 0 Å². The molecule has 0 aromatic carbocycles. The molecule has 1 nitrogen and oxygen atoms in total. The van der Waals surface area contributed by atoms with Crippen LogP contribution >= 0.6 is 0 Å². The van der Waals surface area contributed by atoms with Gasteiger partial charge < -0.3 is 4.90 Å². The fourth-order valence-electron chi connectivity index (χ4n) is 1.52. The Morgan fingerprint density at radius 3 is 2.70 bits per heavy atom. The molecule has 10 heavy (non-hydrogen) atoms. The maximum absolute atomic E-state index is 3.98. The van der Waals surface area contributed by atoms with Gasteiger partial charge in [-0.2, -0.15) is 0 Å². The lowest BCUT2D eigenvalue weighted by Crippen LogP contribution is -2.19. The summed E-state index contributed by atoms with van der Waals surface area (Å²) in [5.74, 6) is 0.778. The molecule has 0 amide bonds. The van der Waals surface area contributed by atoms with Crippen molar-refractivity contribution in [1.82, 2.24) is 4.90 Å². The quantitative estimate of drug-likeness (QED) is 0.528. The van der Waals surface area contributed by atoms with E-state index in [1.54, 1.807) is 0 Å². The fraction of sp³-hybridized carbons (Fsp3) is 0.778. The second kappa shape index (κ2) is 3.20. The predicted octanol–water partition coefficient (Wildman–Crippen LogP) is 1.90. The molecule has 0 spiro atoms. The van der Waals surface area contributed by atoms with Gasteiger partial charge in [-0.15, -0.1) is 0 Å². The van der Waals surface area contributed by atoms with Gasteiger partial charge in [0, 0.05) is 6.54 Å². The Morgan fingerprint density at radius 1 is 1.70 bits per heavy atom. The minimum atomic E-state index is 0.778. The van der Waals surface area contributed by atoms with E-state index in [4.69, 9.17) is 0 Å². The largest absolute Gasteiger partial charge is 0.303 e. The van der Waals surface area contributed by atoms with Crippen molar-refractivity contribution in [1.29, 1.82) is 0 Å². The Hall–Kier alpha value is -0.300. The summed E-state index contributed by atoms with van der Waals surface area (Å²) in [4.78, 5) is 2.49. The van der Waals surface area contributed by atoms with Gasteiger partial charge >= 0.3 is 0 Å². The van der Waals surface area contributed by atoms with Gasteiger partial charge in [0.2, 0.25) is 0 Å². The van der Waals surface area contributed by atoms with Crippen LogP contribution in [-0.4, -0.2) is 24.5 Å². The second-order valence-electron chi connectivity index (χ2n) is 3.23. The average Bonchev–Trinajstić information content (AvgIpc) is 2.34. The molecule has 1 unspecified atom stereocenters. The molecule has 1 heteroatoms. The van der Waals surface area contributed by atoms with Gasteiger partial charge in [0.1, 0.15) is 0 Å². The Bertz CT molecular complexity index is 129. The van der Waals surface area contributed by atoms with E-state index in [1.165, 1.54) is 31.6 Å². The Kier molecular flexibility index (Phi) is 2.50. The summed E-state index contributed by atoms with van der Waals surface area (Å²) < 4.78 is 0. The number of likely N-dealkylation sites (tertiary alicyclic amines) is 1. The predicted molar refractivity (Wildman–Crippen MR) is 45.0 cm³/mol. The highest BCUT2D eigenvalue weighted by Gasteiger charge is 2.20. The van der Waals surface area contributed by atoms with Gasteiger partial charge in [-0.3, -0.25) is 0 Å². The third-order valence-electron chi connectivity index (χ3n) is 2.42. The summed E-state index contributed by atoms with van der Waals surface area (Å²) >= 11 is 0. The smallest absolute Gasteiger partial charge is 0.00472 e. The molecule has 0 aliphatic carbocycles. The molecule has 1 saturated heterocycles. The Labute approximate surface area is 63.7 Å². The third kappa shape index (κ3) is 1.60. The molecule has 1 heterocycles. The van der Waals surface area contributed by atoms with Crippen LogP contribution in [0.4, 0.5) is 0 Å². The minimum Gasteiger partial charge on any atom is -0.303 e. The first-order valence-electron chi connectivity index (χ1n) is 4.11. The van der Waals surface area contributed by atoms with Crippen molar-refractivity contribution >= 4 is 0 Å². The number of hydrogen-bond donors (Lipinski definition) is 0. The maximum Gasteiger partial charge on any atom is 0.00472 e. The lowest BCUT2D eigenvalue weighted by atomic mass is 10.0. The zero-order chi connectivity index (χ0) is 7.56. The standard InChI is InChI=1S/C9H17N/c1-4-10-6-5-9(7-10)8(2)3/h9H,2,4-7H2,1,3H3. The molecule has 1 rings (SSSR count). The molecule has 1 aliphatic heterocycles. The van der Waals surface area contributed by atoms with Crippen LogP contribution in [0.2, 0.25) is 0 Å². The van der Waals surface area contributed by atoms with Crippen LogP contribution in [0.3, 0.4) is 0 Å². The first-order valence-corrected chi connectivity index (χ1v) is 4.11. The van der Waals surface area contributed by atoms with Gasteiger partial charge in [0.15, 0.2) is 0 Å². The van der Waals surface area contributed by atoms with Gasteiger partial charge in [0.25, 0.3) is 0 Å². The van der Waals surface area contributed by atoms with Crippen molar-refractivity contribution in [2.45, 2.75) is 20.3 Å². The fourth-order valence-corrected chi connectivity index (χ4v) is 1.52. The molecule has 1 fully saturated rings. The Morgan fingerprint density at radius 2 is 2.40 bits per heavy atom. The summed E-state index contributed by atoms with van der Waals surface area (Å²) in [6.07, 6.45) is 1.32. The number of nitrogens with zero attached hydrogens (tertiary/aromatic N) is 1. The van der Waals surface area contributed by atoms with E-state index in [0.717, 1.165) is 5.92 Å². The molecule has 0 radical (unpaired) electrons. The van der Waals surface area contributed by atoms with E-state index in [-0.39, 0.29) is 0 Å². The van der Waals surface area contributed by atoms with Crippen LogP contribution in [0.15, 0.2) is 12.2 Å². The lowest BCUT2D eigenvalue weighted by Gasteiger charge is -2.12. The molecule has 0 saturated carbocycles. The van der Waals surface area contributed by atoms with Crippen LogP contribution in [0.5, 0.6) is 0 Å². The van der Waals surface area contributed by atoms with Crippen LogP contribution in [0.1, 0.15) is 20.3 Å². The molecular formula is C9H17N. The minimum absolute atomic E-state index is 0.778. The first-order chi connectivity index (χ1) is 4.74.